The number of rotatable bonds is 6. The molecule has 0 bridgehead atoms. The van der Waals surface area contributed by atoms with Crippen LogP contribution >= 0.6 is 0 Å². The molecule has 0 aliphatic carbocycles. The van der Waals surface area contributed by atoms with Crippen LogP contribution in [0.5, 0.6) is 23.0 Å². The van der Waals surface area contributed by atoms with E-state index >= 15 is 0 Å². The molecule has 4 N–H and O–H groups in total. The van der Waals surface area contributed by atoms with Crippen LogP contribution in [-0.2, 0) is 0 Å². The molecule has 0 unspecified atom stereocenters. The molecule has 0 fully saturated rings. The third-order valence-corrected chi connectivity index (χ3v) is 4.82. The second-order valence-corrected chi connectivity index (χ2v) is 7.31. The van der Waals surface area contributed by atoms with Crippen LogP contribution in [0.15, 0.2) is 101 Å². The van der Waals surface area contributed by atoms with Gasteiger partial charge in [-0.05, 0) is 72.8 Å². The molecule has 5 rings (SSSR count). The summed E-state index contributed by atoms with van der Waals surface area (Å²) in [5.74, 6) is 3.54. The van der Waals surface area contributed by atoms with Gasteiger partial charge in [0.1, 0.15) is 23.0 Å². The summed E-state index contributed by atoms with van der Waals surface area (Å²) in [7, 11) is 0. The van der Waals surface area contributed by atoms with Crippen LogP contribution in [0.25, 0.3) is 22.9 Å². The van der Waals surface area contributed by atoms with Gasteiger partial charge in [-0.25, -0.2) is 0 Å². The van der Waals surface area contributed by atoms with Gasteiger partial charge in [-0.2, -0.15) is 0 Å². The van der Waals surface area contributed by atoms with Crippen molar-refractivity contribution >= 4 is 11.4 Å². The van der Waals surface area contributed by atoms with Crippen molar-refractivity contribution in [3.8, 4) is 45.9 Å². The summed E-state index contributed by atoms with van der Waals surface area (Å²) in [4.78, 5) is 0. The lowest BCUT2D eigenvalue weighted by Crippen LogP contribution is -1.87. The minimum atomic E-state index is 0.417. The molecule has 7 nitrogen and oxygen atoms in total. The third-order valence-electron chi connectivity index (χ3n) is 4.82. The van der Waals surface area contributed by atoms with Crippen LogP contribution in [0.4, 0.5) is 11.4 Å². The largest absolute Gasteiger partial charge is 0.457 e. The minimum Gasteiger partial charge on any atom is -0.457 e. The molecule has 0 atom stereocenters. The fourth-order valence-corrected chi connectivity index (χ4v) is 3.22. The Morgan fingerprint density at radius 3 is 1.33 bits per heavy atom. The molecule has 4 aromatic carbocycles. The van der Waals surface area contributed by atoms with E-state index in [1.807, 2.05) is 84.9 Å². The molecule has 0 saturated heterocycles. The quantitative estimate of drug-likeness (QED) is 0.307. The first-order chi connectivity index (χ1) is 16.1. The van der Waals surface area contributed by atoms with E-state index in [1.165, 1.54) is 0 Å². The predicted molar refractivity (Wildman–Crippen MR) is 127 cm³/mol. The van der Waals surface area contributed by atoms with Crippen molar-refractivity contribution in [3.05, 3.63) is 97.1 Å². The molecule has 0 aliphatic heterocycles. The molecule has 0 aliphatic rings. The number of nitrogens with zero attached hydrogens (tertiary/aromatic N) is 2. The number of nitrogens with two attached hydrogens (primary N) is 2. The summed E-state index contributed by atoms with van der Waals surface area (Å²) in [5, 5.41) is 8.34. The molecule has 5 aromatic rings. The lowest BCUT2D eigenvalue weighted by molar-refractivity contribution is 0.483. The van der Waals surface area contributed by atoms with Crippen molar-refractivity contribution in [2.75, 3.05) is 11.5 Å². The zero-order valence-electron chi connectivity index (χ0n) is 17.5. The Morgan fingerprint density at radius 1 is 0.515 bits per heavy atom. The van der Waals surface area contributed by atoms with Gasteiger partial charge in [-0.15, -0.1) is 10.2 Å². The Bertz CT molecular complexity index is 1270. The summed E-state index contributed by atoms with van der Waals surface area (Å²) in [5.41, 5.74) is 14.4. The zero-order chi connectivity index (χ0) is 22.6. The zero-order valence-corrected chi connectivity index (χ0v) is 17.5. The van der Waals surface area contributed by atoms with Crippen LogP contribution in [-0.4, -0.2) is 10.2 Å². The van der Waals surface area contributed by atoms with E-state index in [-0.39, 0.29) is 0 Å². The average molecular weight is 436 g/mol. The minimum absolute atomic E-state index is 0.417. The number of benzene rings is 4. The van der Waals surface area contributed by atoms with Crippen LogP contribution in [0.3, 0.4) is 0 Å². The fraction of sp³-hybridized carbons (Fsp3) is 0. The van der Waals surface area contributed by atoms with E-state index in [2.05, 4.69) is 10.2 Å². The predicted octanol–water partition coefficient (Wildman–Crippen LogP) is 6.15. The van der Waals surface area contributed by atoms with E-state index in [0.717, 1.165) is 11.1 Å². The van der Waals surface area contributed by atoms with Crippen LogP contribution in [0, 0.1) is 0 Å². The molecule has 162 valence electrons. The second-order valence-electron chi connectivity index (χ2n) is 7.31. The maximum absolute atomic E-state index is 5.87. The van der Waals surface area contributed by atoms with Gasteiger partial charge in [-0.1, -0.05) is 12.1 Å². The number of aromatic nitrogens is 2. The first-order valence-electron chi connectivity index (χ1n) is 10.2. The molecule has 0 radical (unpaired) electrons. The van der Waals surface area contributed by atoms with Gasteiger partial charge in [-0.3, -0.25) is 0 Å². The first-order valence-corrected chi connectivity index (χ1v) is 10.2. The fourth-order valence-electron chi connectivity index (χ4n) is 3.22. The summed E-state index contributed by atoms with van der Waals surface area (Å²) >= 11 is 0. The topological polar surface area (TPSA) is 109 Å². The van der Waals surface area contributed by atoms with E-state index < -0.39 is 0 Å². The van der Waals surface area contributed by atoms with Crippen LogP contribution < -0.4 is 20.9 Å². The molecule has 1 heterocycles. The monoisotopic (exact) mass is 436 g/mol. The normalized spacial score (nSPS) is 10.7. The third kappa shape index (κ3) is 4.77. The first kappa shape index (κ1) is 20.1. The Hall–Kier alpha value is -4.78. The van der Waals surface area contributed by atoms with E-state index in [9.17, 15) is 0 Å². The van der Waals surface area contributed by atoms with Crippen LogP contribution in [0.1, 0.15) is 0 Å². The Kier molecular flexibility index (Phi) is 5.35. The van der Waals surface area contributed by atoms with E-state index in [4.69, 9.17) is 25.4 Å². The van der Waals surface area contributed by atoms with Crippen molar-refractivity contribution in [1.82, 2.24) is 10.2 Å². The van der Waals surface area contributed by atoms with Gasteiger partial charge in [0.15, 0.2) is 0 Å². The maximum Gasteiger partial charge on any atom is 0.248 e. The number of ether oxygens (including phenoxy) is 2. The molecular weight excluding hydrogens is 416 g/mol. The Morgan fingerprint density at radius 2 is 0.939 bits per heavy atom. The number of hydrogen-bond acceptors (Lipinski definition) is 7. The van der Waals surface area contributed by atoms with Gasteiger partial charge in [0, 0.05) is 34.6 Å². The van der Waals surface area contributed by atoms with Crippen LogP contribution in [0.2, 0.25) is 0 Å². The molecule has 0 amide bonds. The van der Waals surface area contributed by atoms with Gasteiger partial charge in [0.05, 0.1) is 0 Å². The number of hydrogen-bond donors (Lipinski definition) is 2. The van der Waals surface area contributed by atoms with Gasteiger partial charge in [0.2, 0.25) is 11.8 Å². The maximum atomic E-state index is 5.87. The highest BCUT2D eigenvalue weighted by molar-refractivity contribution is 5.59. The molecule has 0 spiro atoms. The summed E-state index contributed by atoms with van der Waals surface area (Å²) in [6, 6.07) is 29.3. The second kappa shape index (κ2) is 8.76. The SMILES string of the molecule is Nc1cccc(Oc2ccc(-c3nnc(-c4ccc(Oc5cccc(N)c5)cc4)o3)cc2)c1. The lowest BCUT2D eigenvalue weighted by atomic mass is 10.2. The summed E-state index contributed by atoms with van der Waals surface area (Å²) < 4.78 is 17.5. The summed E-state index contributed by atoms with van der Waals surface area (Å²) in [6.45, 7) is 0. The standard InChI is InChI=1S/C26H20N4O3/c27-19-3-1-5-23(15-19)31-21-11-7-17(8-12-21)25-29-30-26(33-25)18-9-13-22(14-10-18)32-24-6-2-4-20(28)16-24/h1-16H,27-28H2. The lowest BCUT2D eigenvalue weighted by Gasteiger charge is -2.06. The highest BCUT2D eigenvalue weighted by Gasteiger charge is 2.11. The molecule has 7 heteroatoms. The Labute approximate surface area is 190 Å². The van der Waals surface area contributed by atoms with Gasteiger partial charge in [0.25, 0.3) is 0 Å². The molecular formula is C26H20N4O3. The number of anilines is 2. The van der Waals surface area contributed by atoms with Gasteiger partial charge < -0.3 is 25.4 Å². The highest BCUT2D eigenvalue weighted by atomic mass is 16.5. The molecule has 0 saturated carbocycles. The molecule has 33 heavy (non-hydrogen) atoms. The van der Waals surface area contributed by atoms with Crippen molar-refractivity contribution in [3.63, 3.8) is 0 Å². The number of nitrogen functional groups attached to an aromatic ring is 2. The van der Waals surface area contributed by atoms with Crippen molar-refractivity contribution in [2.45, 2.75) is 0 Å². The van der Waals surface area contributed by atoms with Crippen molar-refractivity contribution in [1.29, 1.82) is 0 Å². The highest BCUT2D eigenvalue weighted by Crippen LogP contribution is 2.30. The van der Waals surface area contributed by atoms with E-state index in [1.54, 1.807) is 12.1 Å². The smallest absolute Gasteiger partial charge is 0.248 e. The van der Waals surface area contributed by atoms with Crippen molar-refractivity contribution < 1.29 is 13.9 Å². The van der Waals surface area contributed by atoms with E-state index in [0.29, 0.717) is 46.2 Å². The van der Waals surface area contributed by atoms with Crippen molar-refractivity contribution in [2.24, 2.45) is 0 Å². The van der Waals surface area contributed by atoms with Gasteiger partial charge >= 0.3 is 0 Å². The molecule has 1 aromatic heterocycles. The summed E-state index contributed by atoms with van der Waals surface area (Å²) in [6.07, 6.45) is 0. The Balaban J connectivity index is 1.27. The average Bonchev–Trinajstić information content (AvgIpc) is 3.31.